The first-order valence-electron chi connectivity index (χ1n) is 6.70. The second kappa shape index (κ2) is 7.61. The van der Waals surface area contributed by atoms with Crippen molar-refractivity contribution >= 4 is 58.1 Å². The number of hydrogen-bond donors (Lipinski definition) is 3. The summed E-state index contributed by atoms with van der Waals surface area (Å²) in [6.07, 6.45) is 0. The van der Waals surface area contributed by atoms with E-state index in [0.717, 1.165) is 5.56 Å². The first-order chi connectivity index (χ1) is 11.3. The van der Waals surface area contributed by atoms with Gasteiger partial charge in [0.25, 0.3) is 5.91 Å². The zero-order valence-electron chi connectivity index (χ0n) is 12.4. The molecule has 0 bridgehead atoms. The number of rotatable bonds is 3. The zero-order chi connectivity index (χ0) is 17.9. The molecule has 0 fully saturated rings. The minimum Gasteiger partial charge on any atom is -0.478 e. The van der Waals surface area contributed by atoms with E-state index in [-0.39, 0.29) is 32.3 Å². The van der Waals surface area contributed by atoms with Crippen LogP contribution in [0, 0.1) is 6.92 Å². The molecule has 0 atom stereocenters. The maximum absolute atomic E-state index is 12.2. The largest absolute Gasteiger partial charge is 0.478 e. The molecule has 0 saturated carbocycles. The number of hydrogen-bond acceptors (Lipinski definition) is 3. The quantitative estimate of drug-likeness (QED) is 0.695. The Morgan fingerprint density at radius 2 is 1.83 bits per heavy atom. The summed E-state index contributed by atoms with van der Waals surface area (Å²) in [5, 5.41) is 14.4. The summed E-state index contributed by atoms with van der Waals surface area (Å²) in [7, 11) is 0. The Morgan fingerprint density at radius 1 is 1.17 bits per heavy atom. The van der Waals surface area contributed by atoms with Crippen LogP contribution >= 0.6 is 35.4 Å². The van der Waals surface area contributed by atoms with Gasteiger partial charge in [-0.2, -0.15) is 0 Å². The summed E-state index contributed by atoms with van der Waals surface area (Å²) < 4.78 is 0. The molecular weight excluding hydrogens is 371 g/mol. The van der Waals surface area contributed by atoms with Crippen molar-refractivity contribution in [2.45, 2.75) is 6.92 Å². The molecule has 0 unspecified atom stereocenters. The Balaban J connectivity index is 2.17. The molecule has 24 heavy (non-hydrogen) atoms. The average Bonchev–Trinajstić information content (AvgIpc) is 2.51. The number of halogens is 2. The molecule has 0 saturated heterocycles. The summed E-state index contributed by atoms with van der Waals surface area (Å²) in [5.41, 5.74) is 1.41. The second-order valence-electron chi connectivity index (χ2n) is 4.85. The minimum absolute atomic E-state index is 0.0243. The Bertz CT molecular complexity index is 840. The number of benzene rings is 2. The van der Waals surface area contributed by atoms with Crippen molar-refractivity contribution in [1.29, 1.82) is 0 Å². The third kappa shape index (κ3) is 4.23. The van der Waals surface area contributed by atoms with Crippen molar-refractivity contribution in [3.63, 3.8) is 0 Å². The fraction of sp³-hybridized carbons (Fsp3) is 0.0625. The van der Waals surface area contributed by atoms with Crippen LogP contribution in [-0.2, 0) is 0 Å². The Labute approximate surface area is 153 Å². The highest BCUT2D eigenvalue weighted by Crippen LogP contribution is 2.31. The number of thiocarbonyl (C=S) groups is 1. The molecule has 124 valence electrons. The highest BCUT2D eigenvalue weighted by molar-refractivity contribution is 7.80. The summed E-state index contributed by atoms with van der Waals surface area (Å²) >= 11 is 17.0. The monoisotopic (exact) mass is 382 g/mol. The molecule has 5 nitrogen and oxygen atoms in total. The molecule has 2 rings (SSSR count). The van der Waals surface area contributed by atoms with Gasteiger partial charge in [-0.25, -0.2) is 4.79 Å². The number of carbonyl (C=O) groups is 2. The number of carbonyl (C=O) groups excluding carboxylic acids is 1. The summed E-state index contributed by atoms with van der Waals surface area (Å²) in [6, 6.07) is 9.54. The van der Waals surface area contributed by atoms with Crippen LogP contribution in [0.15, 0.2) is 36.4 Å². The fourth-order valence-electron chi connectivity index (χ4n) is 1.96. The molecule has 0 heterocycles. The second-order valence-corrected chi connectivity index (χ2v) is 6.04. The molecule has 0 radical (unpaired) electrons. The Hall–Kier alpha value is -2.15. The number of carboxylic acid groups (broad SMARTS) is 1. The summed E-state index contributed by atoms with van der Waals surface area (Å²) in [6.45, 7) is 1.80. The predicted molar refractivity (Wildman–Crippen MR) is 98.3 cm³/mol. The third-order valence-electron chi connectivity index (χ3n) is 3.14. The van der Waals surface area contributed by atoms with E-state index in [9.17, 15) is 9.59 Å². The van der Waals surface area contributed by atoms with Crippen molar-refractivity contribution in [2.75, 3.05) is 5.32 Å². The number of amides is 1. The zero-order valence-corrected chi connectivity index (χ0v) is 14.7. The van der Waals surface area contributed by atoms with E-state index in [2.05, 4.69) is 10.6 Å². The van der Waals surface area contributed by atoms with Crippen molar-refractivity contribution in [1.82, 2.24) is 5.32 Å². The lowest BCUT2D eigenvalue weighted by molar-refractivity contribution is 0.0696. The first kappa shape index (κ1) is 18.2. The van der Waals surface area contributed by atoms with Gasteiger partial charge in [-0.05, 0) is 42.9 Å². The first-order valence-corrected chi connectivity index (χ1v) is 7.86. The highest BCUT2D eigenvalue weighted by atomic mass is 35.5. The van der Waals surface area contributed by atoms with Crippen LogP contribution in [0.2, 0.25) is 10.0 Å². The maximum Gasteiger partial charge on any atom is 0.335 e. The molecule has 8 heteroatoms. The van der Waals surface area contributed by atoms with Crippen LogP contribution < -0.4 is 10.6 Å². The molecule has 0 spiro atoms. The molecular formula is C16H12Cl2N2O3S. The molecule has 0 aliphatic rings. The molecule has 0 aromatic heterocycles. The molecule has 1 amide bonds. The van der Waals surface area contributed by atoms with Crippen LogP contribution in [-0.4, -0.2) is 22.1 Å². The van der Waals surface area contributed by atoms with E-state index in [1.54, 1.807) is 25.1 Å². The van der Waals surface area contributed by atoms with Crippen molar-refractivity contribution in [2.24, 2.45) is 0 Å². The van der Waals surface area contributed by atoms with Crippen LogP contribution in [0.25, 0.3) is 0 Å². The Morgan fingerprint density at radius 3 is 2.46 bits per heavy atom. The normalized spacial score (nSPS) is 10.1. The number of nitrogens with one attached hydrogen (secondary N) is 2. The number of aromatic carboxylic acids is 1. The van der Waals surface area contributed by atoms with Gasteiger partial charge in [0.2, 0.25) is 0 Å². The highest BCUT2D eigenvalue weighted by Gasteiger charge is 2.15. The van der Waals surface area contributed by atoms with E-state index in [4.69, 9.17) is 40.5 Å². The molecule has 0 aliphatic carbocycles. The van der Waals surface area contributed by atoms with Crippen LogP contribution in [0.4, 0.5) is 5.69 Å². The van der Waals surface area contributed by atoms with Crippen LogP contribution in [0.5, 0.6) is 0 Å². The van der Waals surface area contributed by atoms with E-state index < -0.39 is 5.97 Å². The van der Waals surface area contributed by atoms with Gasteiger partial charge in [0.15, 0.2) is 5.11 Å². The maximum atomic E-state index is 12.2. The lowest BCUT2D eigenvalue weighted by Gasteiger charge is -2.13. The third-order valence-corrected chi connectivity index (χ3v) is 4.15. The van der Waals surface area contributed by atoms with Crippen LogP contribution in [0.3, 0.4) is 0 Å². The summed E-state index contributed by atoms with van der Waals surface area (Å²) in [4.78, 5) is 23.3. The molecule has 0 aliphatic heterocycles. The molecule has 2 aromatic rings. The number of aryl methyl sites for hydroxylation is 1. The van der Waals surface area contributed by atoms with Crippen molar-refractivity contribution < 1.29 is 14.7 Å². The van der Waals surface area contributed by atoms with E-state index in [1.807, 2.05) is 6.07 Å². The minimum atomic E-state index is -1.16. The van der Waals surface area contributed by atoms with E-state index in [1.165, 1.54) is 12.1 Å². The standard InChI is InChI=1S/C16H12Cl2N2O3S/c1-8-4-2-3-5-10(8)14(21)20-16(24)19-12-7-9(15(22)23)6-11(17)13(12)18/h2-7H,1H3,(H,22,23)(H2,19,20,21,24). The van der Waals surface area contributed by atoms with E-state index in [0.29, 0.717) is 5.56 Å². The van der Waals surface area contributed by atoms with Gasteiger partial charge < -0.3 is 10.4 Å². The van der Waals surface area contributed by atoms with E-state index >= 15 is 0 Å². The SMILES string of the molecule is Cc1ccccc1C(=O)NC(=S)Nc1cc(C(=O)O)cc(Cl)c1Cl. The molecule has 3 N–H and O–H groups in total. The van der Waals surface area contributed by atoms with Gasteiger partial charge in [0, 0.05) is 5.56 Å². The van der Waals surface area contributed by atoms with Crippen LogP contribution in [0.1, 0.15) is 26.3 Å². The molecule has 2 aromatic carbocycles. The Kier molecular flexibility index (Phi) is 5.77. The predicted octanol–water partition coefficient (Wildman–Crippen LogP) is 4.13. The lowest BCUT2D eigenvalue weighted by Crippen LogP contribution is -2.34. The topological polar surface area (TPSA) is 78.4 Å². The van der Waals surface area contributed by atoms with Gasteiger partial charge in [-0.15, -0.1) is 0 Å². The lowest BCUT2D eigenvalue weighted by atomic mass is 10.1. The summed E-state index contributed by atoms with van der Waals surface area (Å²) in [5.74, 6) is -1.55. The number of carboxylic acids is 1. The smallest absolute Gasteiger partial charge is 0.335 e. The van der Waals surface area contributed by atoms with Crippen molar-refractivity contribution in [3.8, 4) is 0 Å². The fourth-order valence-corrected chi connectivity index (χ4v) is 2.53. The van der Waals surface area contributed by atoms with Gasteiger partial charge in [0.1, 0.15) is 0 Å². The van der Waals surface area contributed by atoms with Gasteiger partial charge in [0.05, 0.1) is 21.3 Å². The van der Waals surface area contributed by atoms with Gasteiger partial charge in [-0.1, -0.05) is 41.4 Å². The number of anilines is 1. The van der Waals surface area contributed by atoms with Crippen molar-refractivity contribution in [3.05, 3.63) is 63.1 Å². The van der Waals surface area contributed by atoms with Gasteiger partial charge in [-0.3, -0.25) is 10.1 Å². The van der Waals surface area contributed by atoms with Gasteiger partial charge >= 0.3 is 5.97 Å². The average molecular weight is 383 g/mol.